The summed E-state index contributed by atoms with van der Waals surface area (Å²) in [4.78, 5) is 13.7. The van der Waals surface area contributed by atoms with Gasteiger partial charge in [-0.2, -0.15) is 0 Å². The summed E-state index contributed by atoms with van der Waals surface area (Å²) in [6, 6.07) is 1.92. The summed E-state index contributed by atoms with van der Waals surface area (Å²) in [7, 11) is 2.07. The number of nitrogens with zero attached hydrogens (tertiary/aromatic N) is 1. The van der Waals surface area contributed by atoms with Crippen LogP contribution in [0.25, 0.3) is 0 Å². The maximum Gasteiger partial charge on any atom is 0.346 e. The molecule has 1 aliphatic carbocycles. The van der Waals surface area contributed by atoms with E-state index in [1.807, 2.05) is 11.4 Å². The molecule has 0 aromatic carbocycles. The van der Waals surface area contributed by atoms with E-state index in [-0.39, 0.29) is 0 Å². The van der Waals surface area contributed by atoms with Crippen molar-refractivity contribution in [2.45, 2.75) is 25.8 Å². The highest BCUT2D eigenvalue weighted by Crippen LogP contribution is 2.27. The van der Waals surface area contributed by atoms with E-state index < -0.39 is 5.97 Å². The summed E-state index contributed by atoms with van der Waals surface area (Å²) >= 11 is 1.31. The third-order valence-corrected chi connectivity index (χ3v) is 4.12. The molecule has 0 unspecified atom stereocenters. The smallest absolute Gasteiger partial charge is 0.346 e. The number of rotatable bonds is 5. The fourth-order valence-corrected chi connectivity index (χ4v) is 2.87. The Morgan fingerprint density at radius 2 is 2.38 bits per heavy atom. The zero-order valence-electron chi connectivity index (χ0n) is 9.48. The van der Waals surface area contributed by atoms with Crippen molar-refractivity contribution in [3.8, 4) is 0 Å². The lowest BCUT2D eigenvalue weighted by Gasteiger charge is -2.30. The van der Waals surface area contributed by atoms with Crippen molar-refractivity contribution >= 4 is 17.3 Å². The maximum atomic E-state index is 10.9. The number of aromatic carboxylic acids is 1. The average Bonchev–Trinajstić information content (AvgIpc) is 2.59. The predicted molar refractivity (Wildman–Crippen MR) is 65.0 cm³/mol. The largest absolute Gasteiger partial charge is 0.477 e. The standard InChI is InChI=1S/C12H17NO2S/c1-13(7-9-3-2-4-9)8-10-5-6-16-11(10)12(14)15/h5-6,9H,2-4,7-8H2,1H3,(H,14,15). The molecule has 1 aliphatic rings. The first-order valence-electron chi connectivity index (χ1n) is 5.65. The summed E-state index contributed by atoms with van der Waals surface area (Å²) in [5, 5.41) is 10.9. The first-order chi connectivity index (χ1) is 7.66. The monoisotopic (exact) mass is 239 g/mol. The van der Waals surface area contributed by atoms with Crippen LogP contribution in [0.15, 0.2) is 11.4 Å². The third kappa shape index (κ3) is 2.62. The first kappa shape index (κ1) is 11.6. The summed E-state index contributed by atoms with van der Waals surface area (Å²) in [6.07, 6.45) is 4.02. The molecular weight excluding hydrogens is 222 g/mol. The minimum absolute atomic E-state index is 0.487. The van der Waals surface area contributed by atoms with Crippen molar-refractivity contribution in [3.63, 3.8) is 0 Å². The molecular formula is C12H17NO2S. The Hall–Kier alpha value is -0.870. The van der Waals surface area contributed by atoms with E-state index in [1.165, 1.54) is 30.6 Å². The molecule has 4 heteroatoms. The summed E-state index contributed by atoms with van der Waals surface area (Å²) < 4.78 is 0. The van der Waals surface area contributed by atoms with Gasteiger partial charge in [-0.25, -0.2) is 4.79 Å². The Balaban J connectivity index is 1.91. The number of hydrogen-bond donors (Lipinski definition) is 1. The molecule has 16 heavy (non-hydrogen) atoms. The van der Waals surface area contributed by atoms with Gasteiger partial charge in [0.1, 0.15) is 4.88 Å². The number of carbonyl (C=O) groups is 1. The van der Waals surface area contributed by atoms with Gasteiger partial charge >= 0.3 is 5.97 Å². The van der Waals surface area contributed by atoms with Crippen LogP contribution in [0.4, 0.5) is 0 Å². The highest BCUT2D eigenvalue weighted by Gasteiger charge is 2.20. The van der Waals surface area contributed by atoms with E-state index in [4.69, 9.17) is 5.11 Å². The van der Waals surface area contributed by atoms with E-state index >= 15 is 0 Å². The minimum atomic E-state index is -0.804. The van der Waals surface area contributed by atoms with E-state index in [0.29, 0.717) is 4.88 Å². The van der Waals surface area contributed by atoms with Gasteiger partial charge in [0.25, 0.3) is 0 Å². The van der Waals surface area contributed by atoms with Crippen LogP contribution in [0.5, 0.6) is 0 Å². The zero-order chi connectivity index (χ0) is 11.5. The predicted octanol–water partition coefficient (Wildman–Crippen LogP) is 2.68. The lowest BCUT2D eigenvalue weighted by Crippen LogP contribution is -2.29. The van der Waals surface area contributed by atoms with Gasteiger partial charge in [-0.05, 0) is 42.8 Å². The van der Waals surface area contributed by atoms with Crippen LogP contribution in [0.3, 0.4) is 0 Å². The van der Waals surface area contributed by atoms with Gasteiger partial charge in [0.15, 0.2) is 0 Å². The molecule has 3 nitrogen and oxygen atoms in total. The van der Waals surface area contributed by atoms with Gasteiger partial charge in [-0.15, -0.1) is 11.3 Å². The molecule has 1 aromatic rings. The van der Waals surface area contributed by atoms with Crippen molar-refractivity contribution in [2.75, 3.05) is 13.6 Å². The number of carboxylic acids is 1. The second kappa shape index (κ2) is 4.97. The Kier molecular flexibility index (Phi) is 3.61. The Morgan fingerprint density at radius 1 is 1.62 bits per heavy atom. The van der Waals surface area contributed by atoms with E-state index in [1.54, 1.807) is 0 Å². The molecule has 0 aliphatic heterocycles. The third-order valence-electron chi connectivity index (χ3n) is 3.18. The zero-order valence-corrected chi connectivity index (χ0v) is 10.3. The molecule has 1 saturated carbocycles. The molecule has 0 saturated heterocycles. The molecule has 0 spiro atoms. The Labute approximate surface area is 99.7 Å². The molecule has 1 N–H and O–H groups in total. The van der Waals surface area contributed by atoms with Crippen molar-refractivity contribution in [1.82, 2.24) is 4.90 Å². The lowest BCUT2D eigenvalue weighted by molar-refractivity contribution is 0.0700. The second-order valence-electron chi connectivity index (χ2n) is 4.57. The average molecular weight is 239 g/mol. The molecule has 1 fully saturated rings. The highest BCUT2D eigenvalue weighted by molar-refractivity contribution is 7.12. The van der Waals surface area contributed by atoms with Crippen molar-refractivity contribution in [3.05, 3.63) is 21.9 Å². The van der Waals surface area contributed by atoms with Crippen LogP contribution in [0.2, 0.25) is 0 Å². The van der Waals surface area contributed by atoms with Crippen LogP contribution in [-0.2, 0) is 6.54 Å². The van der Waals surface area contributed by atoms with Crippen LogP contribution in [-0.4, -0.2) is 29.6 Å². The maximum absolute atomic E-state index is 10.9. The molecule has 2 rings (SSSR count). The van der Waals surface area contributed by atoms with Gasteiger partial charge in [-0.1, -0.05) is 6.42 Å². The fourth-order valence-electron chi connectivity index (χ4n) is 2.12. The van der Waals surface area contributed by atoms with Gasteiger partial charge < -0.3 is 10.0 Å². The quantitative estimate of drug-likeness (QED) is 0.858. The summed E-state index contributed by atoms with van der Waals surface area (Å²) in [6.45, 7) is 1.84. The van der Waals surface area contributed by atoms with Crippen LogP contribution in [0.1, 0.15) is 34.5 Å². The fraction of sp³-hybridized carbons (Fsp3) is 0.583. The summed E-state index contributed by atoms with van der Waals surface area (Å²) in [5.74, 6) is 0.0268. The Morgan fingerprint density at radius 3 is 2.94 bits per heavy atom. The van der Waals surface area contributed by atoms with Gasteiger partial charge in [0, 0.05) is 13.1 Å². The molecule has 1 heterocycles. The van der Waals surface area contributed by atoms with Crippen molar-refractivity contribution in [2.24, 2.45) is 5.92 Å². The SMILES string of the molecule is CN(Cc1ccsc1C(=O)O)CC1CCC1. The van der Waals surface area contributed by atoms with Crippen molar-refractivity contribution < 1.29 is 9.90 Å². The molecule has 0 atom stereocenters. The molecule has 0 amide bonds. The van der Waals surface area contributed by atoms with Gasteiger partial charge in [0.2, 0.25) is 0 Å². The van der Waals surface area contributed by atoms with Gasteiger partial charge in [-0.3, -0.25) is 0 Å². The molecule has 1 aromatic heterocycles. The van der Waals surface area contributed by atoms with Crippen LogP contribution < -0.4 is 0 Å². The molecule has 0 radical (unpaired) electrons. The van der Waals surface area contributed by atoms with E-state index in [0.717, 1.165) is 24.6 Å². The topological polar surface area (TPSA) is 40.5 Å². The highest BCUT2D eigenvalue weighted by atomic mass is 32.1. The number of thiophene rings is 1. The number of carboxylic acid groups (broad SMARTS) is 1. The molecule has 0 bridgehead atoms. The second-order valence-corrected chi connectivity index (χ2v) is 5.49. The van der Waals surface area contributed by atoms with Crippen molar-refractivity contribution in [1.29, 1.82) is 0 Å². The van der Waals surface area contributed by atoms with E-state index in [9.17, 15) is 4.79 Å². The van der Waals surface area contributed by atoms with Crippen LogP contribution >= 0.6 is 11.3 Å². The van der Waals surface area contributed by atoms with Crippen LogP contribution in [0, 0.1) is 5.92 Å². The lowest BCUT2D eigenvalue weighted by atomic mass is 9.85. The van der Waals surface area contributed by atoms with E-state index in [2.05, 4.69) is 11.9 Å². The first-order valence-corrected chi connectivity index (χ1v) is 6.53. The Bertz CT molecular complexity index is 371. The molecule has 88 valence electrons. The van der Waals surface area contributed by atoms with Gasteiger partial charge in [0.05, 0.1) is 0 Å². The minimum Gasteiger partial charge on any atom is -0.477 e. The normalized spacial score (nSPS) is 16.4. The summed E-state index contributed by atoms with van der Waals surface area (Å²) in [5.41, 5.74) is 0.944. The number of hydrogen-bond acceptors (Lipinski definition) is 3.